The smallest absolute Gasteiger partial charge is 0.214 e. The number of sulfonamides is 1. The minimum atomic E-state index is -3.33. The van der Waals surface area contributed by atoms with Crippen molar-refractivity contribution in [2.75, 3.05) is 33.1 Å². The highest BCUT2D eigenvalue weighted by molar-refractivity contribution is 7.89. The van der Waals surface area contributed by atoms with Gasteiger partial charge in [0.2, 0.25) is 10.0 Å². The van der Waals surface area contributed by atoms with Crippen LogP contribution in [0.25, 0.3) is 11.4 Å². The van der Waals surface area contributed by atoms with Crippen LogP contribution in [0.4, 0.5) is 4.39 Å². The molecule has 1 fully saturated rings. The number of aryl methyl sites for hydroxylation is 1. The highest BCUT2D eigenvalue weighted by Gasteiger charge is 2.35. The minimum absolute atomic E-state index is 0.0186. The molecule has 1 saturated heterocycles. The molecule has 1 aromatic heterocycles. The third-order valence-electron chi connectivity index (χ3n) is 4.59. The SMILES string of the molecule is Cc1cc(-c2nccn2[C@@H]2COC[C@H]2CS(=O)(=O)N(C)C)ccc1F. The van der Waals surface area contributed by atoms with Crippen molar-refractivity contribution in [2.45, 2.75) is 13.0 Å². The van der Waals surface area contributed by atoms with E-state index in [9.17, 15) is 12.8 Å². The monoisotopic (exact) mass is 367 g/mol. The molecule has 1 aliphatic heterocycles. The summed E-state index contributed by atoms with van der Waals surface area (Å²) in [5.41, 5.74) is 1.34. The van der Waals surface area contributed by atoms with Gasteiger partial charge < -0.3 is 9.30 Å². The zero-order valence-electron chi connectivity index (χ0n) is 14.5. The highest BCUT2D eigenvalue weighted by Crippen LogP contribution is 2.32. The maximum Gasteiger partial charge on any atom is 0.214 e. The van der Waals surface area contributed by atoms with Crippen LogP contribution < -0.4 is 0 Å². The van der Waals surface area contributed by atoms with Crippen molar-refractivity contribution < 1.29 is 17.5 Å². The molecule has 3 rings (SSSR count). The van der Waals surface area contributed by atoms with E-state index in [2.05, 4.69) is 4.98 Å². The molecule has 2 aromatic rings. The molecular formula is C17H22FN3O3S. The molecule has 0 unspecified atom stereocenters. The van der Waals surface area contributed by atoms with Crippen molar-refractivity contribution in [3.8, 4) is 11.4 Å². The summed E-state index contributed by atoms with van der Waals surface area (Å²) in [4.78, 5) is 4.39. The Bertz CT molecular complexity index is 864. The molecule has 0 bridgehead atoms. The van der Waals surface area contributed by atoms with Gasteiger partial charge in [-0.05, 0) is 30.7 Å². The number of aromatic nitrogens is 2. The second-order valence-electron chi connectivity index (χ2n) is 6.55. The van der Waals surface area contributed by atoms with Crippen molar-refractivity contribution in [1.82, 2.24) is 13.9 Å². The van der Waals surface area contributed by atoms with Crippen LogP contribution in [0, 0.1) is 18.7 Å². The predicted octanol–water partition coefficient (Wildman–Crippen LogP) is 2.08. The van der Waals surface area contributed by atoms with Gasteiger partial charge in [-0.1, -0.05) is 0 Å². The van der Waals surface area contributed by atoms with Gasteiger partial charge in [0.15, 0.2) is 0 Å². The normalized spacial score (nSPS) is 21.2. The van der Waals surface area contributed by atoms with Crippen LogP contribution in [0.15, 0.2) is 30.6 Å². The standard InChI is InChI=1S/C17H22FN3O3S/c1-12-8-13(4-5-15(12)18)17-19-6-7-21(17)16-10-24-9-14(16)11-25(22,23)20(2)3/h4-8,14,16H,9-11H2,1-3H3/t14-,16+/m0/s1. The Morgan fingerprint density at radius 1 is 1.36 bits per heavy atom. The van der Waals surface area contributed by atoms with E-state index < -0.39 is 10.0 Å². The van der Waals surface area contributed by atoms with Gasteiger partial charge in [0, 0.05) is 38.0 Å². The van der Waals surface area contributed by atoms with Crippen LogP contribution in [0.2, 0.25) is 0 Å². The van der Waals surface area contributed by atoms with Gasteiger partial charge in [-0.25, -0.2) is 22.1 Å². The number of rotatable bonds is 5. The Labute approximate surface area is 147 Å². The lowest BCUT2D eigenvalue weighted by molar-refractivity contribution is 0.182. The maximum absolute atomic E-state index is 13.5. The van der Waals surface area contributed by atoms with E-state index in [1.54, 1.807) is 25.3 Å². The van der Waals surface area contributed by atoms with E-state index in [4.69, 9.17) is 4.74 Å². The fourth-order valence-corrected chi connectivity index (χ4v) is 4.22. The number of benzene rings is 1. The van der Waals surface area contributed by atoms with E-state index in [0.29, 0.717) is 24.6 Å². The molecule has 8 heteroatoms. The van der Waals surface area contributed by atoms with Crippen molar-refractivity contribution in [3.63, 3.8) is 0 Å². The van der Waals surface area contributed by atoms with Crippen LogP contribution in [0.1, 0.15) is 11.6 Å². The summed E-state index contributed by atoms with van der Waals surface area (Å²) in [5.74, 6) is 0.277. The molecule has 0 spiro atoms. The largest absolute Gasteiger partial charge is 0.379 e. The maximum atomic E-state index is 13.5. The first kappa shape index (κ1) is 18.0. The van der Waals surface area contributed by atoms with Crippen molar-refractivity contribution in [1.29, 1.82) is 0 Å². The van der Waals surface area contributed by atoms with Gasteiger partial charge in [-0.15, -0.1) is 0 Å². The Hall–Kier alpha value is -1.77. The number of halogens is 1. The molecule has 0 amide bonds. The third kappa shape index (κ3) is 3.61. The molecule has 136 valence electrons. The third-order valence-corrected chi connectivity index (χ3v) is 6.55. The summed E-state index contributed by atoms with van der Waals surface area (Å²) in [6, 6.07) is 4.72. The first-order chi connectivity index (χ1) is 11.8. The van der Waals surface area contributed by atoms with E-state index in [1.807, 2.05) is 10.8 Å². The molecule has 0 aliphatic carbocycles. The molecule has 25 heavy (non-hydrogen) atoms. The van der Waals surface area contributed by atoms with Crippen molar-refractivity contribution in [3.05, 3.63) is 42.0 Å². The van der Waals surface area contributed by atoms with Gasteiger partial charge in [0.1, 0.15) is 11.6 Å². The van der Waals surface area contributed by atoms with Crippen LogP contribution >= 0.6 is 0 Å². The molecular weight excluding hydrogens is 345 g/mol. The second-order valence-corrected chi connectivity index (χ2v) is 8.78. The summed E-state index contributed by atoms with van der Waals surface area (Å²) < 4.78 is 46.8. The van der Waals surface area contributed by atoms with Crippen LogP contribution in [-0.2, 0) is 14.8 Å². The quantitative estimate of drug-likeness (QED) is 0.812. The summed E-state index contributed by atoms with van der Waals surface area (Å²) in [6.07, 6.45) is 3.49. The number of hydrogen-bond acceptors (Lipinski definition) is 4. The molecule has 2 atom stereocenters. The summed E-state index contributed by atoms with van der Waals surface area (Å²) >= 11 is 0. The van der Waals surface area contributed by atoms with Gasteiger partial charge in [0.05, 0.1) is 25.0 Å². The number of ether oxygens (including phenoxy) is 1. The molecule has 2 heterocycles. The highest BCUT2D eigenvalue weighted by atomic mass is 32.2. The Balaban J connectivity index is 1.92. The molecule has 0 radical (unpaired) electrons. The predicted molar refractivity (Wildman–Crippen MR) is 93.2 cm³/mol. The fourth-order valence-electron chi connectivity index (χ4n) is 3.06. The number of imidazole rings is 1. The van der Waals surface area contributed by atoms with Gasteiger partial charge >= 0.3 is 0 Å². The number of nitrogens with zero attached hydrogens (tertiary/aromatic N) is 3. The van der Waals surface area contributed by atoms with Gasteiger partial charge in [0.25, 0.3) is 0 Å². The van der Waals surface area contributed by atoms with Gasteiger partial charge in [-0.2, -0.15) is 0 Å². The van der Waals surface area contributed by atoms with E-state index in [1.165, 1.54) is 24.5 Å². The van der Waals surface area contributed by atoms with Crippen molar-refractivity contribution in [2.24, 2.45) is 5.92 Å². The molecule has 1 aliphatic rings. The summed E-state index contributed by atoms with van der Waals surface area (Å²) in [6.45, 7) is 2.52. The van der Waals surface area contributed by atoms with E-state index in [-0.39, 0.29) is 23.5 Å². The lowest BCUT2D eigenvalue weighted by Crippen LogP contribution is -2.32. The van der Waals surface area contributed by atoms with E-state index >= 15 is 0 Å². The first-order valence-electron chi connectivity index (χ1n) is 8.07. The Kier molecular flexibility index (Phi) is 4.95. The van der Waals surface area contributed by atoms with Crippen LogP contribution in [0.3, 0.4) is 0 Å². The zero-order valence-corrected chi connectivity index (χ0v) is 15.3. The van der Waals surface area contributed by atoms with Gasteiger partial charge in [-0.3, -0.25) is 0 Å². The summed E-state index contributed by atoms with van der Waals surface area (Å²) in [5, 5.41) is 0. The first-order valence-corrected chi connectivity index (χ1v) is 9.68. The second kappa shape index (κ2) is 6.86. The zero-order chi connectivity index (χ0) is 18.2. The van der Waals surface area contributed by atoms with Crippen LogP contribution in [-0.4, -0.2) is 55.3 Å². The number of hydrogen-bond donors (Lipinski definition) is 0. The van der Waals surface area contributed by atoms with Crippen molar-refractivity contribution >= 4 is 10.0 Å². The molecule has 0 saturated carbocycles. The average Bonchev–Trinajstić information content (AvgIpc) is 3.18. The lowest BCUT2D eigenvalue weighted by atomic mass is 10.0. The van der Waals surface area contributed by atoms with E-state index in [0.717, 1.165) is 5.56 Å². The lowest BCUT2D eigenvalue weighted by Gasteiger charge is -2.22. The molecule has 0 N–H and O–H groups in total. The summed E-state index contributed by atoms with van der Waals surface area (Å²) in [7, 11) is -0.262. The van der Waals surface area contributed by atoms with Crippen LogP contribution in [0.5, 0.6) is 0 Å². The Morgan fingerprint density at radius 2 is 2.12 bits per heavy atom. The molecule has 1 aromatic carbocycles. The fraction of sp³-hybridized carbons (Fsp3) is 0.471. The average molecular weight is 367 g/mol. The minimum Gasteiger partial charge on any atom is -0.379 e. The Morgan fingerprint density at radius 3 is 2.80 bits per heavy atom. The topological polar surface area (TPSA) is 64.4 Å². The molecule has 6 nitrogen and oxygen atoms in total.